The van der Waals surface area contributed by atoms with E-state index in [1.165, 1.54) is 0 Å². The van der Waals surface area contributed by atoms with Crippen molar-refractivity contribution in [2.75, 3.05) is 52.9 Å². The molecule has 600 valence electrons. The lowest BCUT2D eigenvalue weighted by Crippen LogP contribution is -2.70. The minimum atomic E-state index is -2.57. The largest absolute Gasteiger partial charge is 0.394 e. The lowest BCUT2D eigenvalue weighted by molar-refractivity contribution is -0.397. The maximum atomic E-state index is 13.0. The first-order valence-corrected chi connectivity index (χ1v) is 33.1. The van der Waals surface area contributed by atoms with E-state index < -0.39 is 328 Å². The van der Waals surface area contributed by atoms with Gasteiger partial charge >= 0.3 is 0 Å². The van der Waals surface area contributed by atoms with Crippen LogP contribution in [-0.2, 0) is 95.0 Å². The first-order chi connectivity index (χ1) is 49.1. The third-order valence-electron chi connectivity index (χ3n) is 18.6. The van der Waals surface area contributed by atoms with Crippen molar-refractivity contribution in [2.24, 2.45) is 0 Å². The van der Waals surface area contributed by atoms with Crippen LogP contribution in [0.1, 0.15) is 34.6 Å². The van der Waals surface area contributed by atoms with Crippen molar-refractivity contribution in [2.45, 2.75) is 280 Å². The molecule has 0 spiro atoms. The predicted molar refractivity (Wildman–Crippen MR) is 322 cm³/mol. The molecule has 0 aromatic rings. The van der Waals surface area contributed by atoms with Gasteiger partial charge in [0.1, 0.15) is 195 Å². The number of aliphatic hydroxyl groups is 21. The molecule has 5 amide bonds. The Bertz CT molecular complexity index is 2770. The van der Waals surface area contributed by atoms with Crippen LogP contribution in [0.3, 0.4) is 0 Å². The van der Waals surface area contributed by atoms with Crippen molar-refractivity contribution >= 4 is 29.5 Å². The molecule has 0 aromatic carbocycles. The van der Waals surface area contributed by atoms with Gasteiger partial charge in [-0.2, -0.15) is 0 Å². The molecular formula is C58H97N5O41. The van der Waals surface area contributed by atoms with Crippen molar-refractivity contribution < 1.29 is 202 Å². The summed E-state index contributed by atoms with van der Waals surface area (Å²) in [5.41, 5.74) is 0. The lowest BCUT2D eigenvalue weighted by atomic mass is 9.93. The maximum absolute atomic E-state index is 13.0. The Morgan fingerprint density at radius 2 is 0.519 bits per heavy atom. The number of ether oxygens (including phenoxy) is 15. The SMILES string of the molecule is CC(=O)N[C@@H]1[C@@H](O)[C@H](O[C@@H]2O[C@H](CO)[C@@H](O[C@@H]3O[C@H](CO[C@H]4O[C@H](CO)[C@@H](O)[C@H](O)[C@@H]4O[C@@H]4O[C@H](CO)[C@@H](O)[C@H](O)[C@H]4NC(C)=O)[C@@H](O)[C@H](O[C@H]4O[C@H](CO[C@@H]5O[C@H](CO)[C@@H](O)[C@H](O)[C@H]5NC(C)=O)[C@@H](O)[C@H](O)[C@@H]4O[C@@H]4O[C@H](CO)[C@@H](O)[C@H](O)[C@H]4NC(C)=O)[C@@H]3O)[C@H](O)[C@H]2NC(C)=O)[C@@H](CO)O[C@H]1O. The van der Waals surface area contributed by atoms with Gasteiger partial charge in [0.05, 0.1) is 52.9 Å². The van der Waals surface area contributed by atoms with E-state index in [-0.39, 0.29) is 0 Å². The van der Waals surface area contributed by atoms with Gasteiger partial charge in [0, 0.05) is 34.6 Å². The van der Waals surface area contributed by atoms with Crippen LogP contribution in [0.4, 0.5) is 0 Å². The fraction of sp³-hybridized carbons (Fsp3) is 0.914. The van der Waals surface area contributed by atoms with E-state index in [9.17, 15) is 131 Å². The van der Waals surface area contributed by atoms with Crippen LogP contribution in [0, 0.1) is 0 Å². The van der Waals surface area contributed by atoms with Gasteiger partial charge in [0.15, 0.2) is 50.3 Å². The molecule has 0 saturated carbocycles. The third kappa shape index (κ3) is 19.4. The second kappa shape index (κ2) is 37.5. The van der Waals surface area contributed by atoms with E-state index in [4.69, 9.17) is 71.1 Å². The molecule has 8 saturated heterocycles. The fourth-order valence-electron chi connectivity index (χ4n) is 13.3. The molecule has 46 heteroatoms. The summed E-state index contributed by atoms with van der Waals surface area (Å²) in [4.78, 5) is 62.5. The molecular weight excluding hydrogens is 1420 g/mol. The second-order valence-corrected chi connectivity index (χ2v) is 26.1. The van der Waals surface area contributed by atoms with E-state index in [1.54, 1.807) is 0 Å². The normalized spacial score (nSPS) is 47.2. The molecule has 8 aliphatic heterocycles. The van der Waals surface area contributed by atoms with E-state index in [0.29, 0.717) is 0 Å². The third-order valence-corrected chi connectivity index (χ3v) is 18.6. The average molecular weight is 1520 g/mol. The highest BCUT2D eigenvalue weighted by Gasteiger charge is 2.60. The number of rotatable bonds is 27. The van der Waals surface area contributed by atoms with Gasteiger partial charge in [-0.3, -0.25) is 24.0 Å². The van der Waals surface area contributed by atoms with Crippen LogP contribution in [0.5, 0.6) is 0 Å². The first kappa shape index (κ1) is 85.5. The molecule has 0 aliphatic carbocycles. The zero-order valence-corrected chi connectivity index (χ0v) is 56.3. The van der Waals surface area contributed by atoms with E-state index in [2.05, 4.69) is 26.6 Å². The molecule has 0 aromatic heterocycles. The summed E-state index contributed by atoms with van der Waals surface area (Å²) in [6.07, 6.45) is -71.9. The van der Waals surface area contributed by atoms with Crippen LogP contribution in [0.2, 0.25) is 0 Å². The molecule has 46 nitrogen and oxygen atoms in total. The monoisotopic (exact) mass is 1520 g/mol. The van der Waals surface area contributed by atoms with Crippen LogP contribution >= 0.6 is 0 Å². The molecule has 0 bridgehead atoms. The van der Waals surface area contributed by atoms with Gasteiger partial charge in [-0.25, -0.2) is 0 Å². The Labute approximate surface area is 589 Å². The highest BCUT2D eigenvalue weighted by atomic mass is 16.8. The summed E-state index contributed by atoms with van der Waals surface area (Å²) >= 11 is 0. The van der Waals surface area contributed by atoms with Crippen molar-refractivity contribution in [3.05, 3.63) is 0 Å². The fourth-order valence-corrected chi connectivity index (χ4v) is 13.3. The van der Waals surface area contributed by atoms with Gasteiger partial charge in [0.2, 0.25) is 29.5 Å². The lowest BCUT2D eigenvalue weighted by Gasteiger charge is -2.51. The molecule has 8 heterocycles. The van der Waals surface area contributed by atoms with E-state index in [1.807, 2.05) is 0 Å². The van der Waals surface area contributed by atoms with Gasteiger partial charge in [-0.15, -0.1) is 0 Å². The highest BCUT2D eigenvalue weighted by molar-refractivity contribution is 5.75. The summed E-state index contributed by atoms with van der Waals surface area (Å²) in [5.74, 6) is -4.24. The summed E-state index contributed by atoms with van der Waals surface area (Å²) in [6, 6.07) is -8.74. The Morgan fingerprint density at radius 3 is 0.942 bits per heavy atom. The molecule has 8 fully saturated rings. The quantitative estimate of drug-likeness (QED) is 0.0363. The van der Waals surface area contributed by atoms with Crippen LogP contribution in [0.25, 0.3) is 0 Å². The van der Waals surface area contributed by atoms with Crippen molar-refractivity contribution in [1.29, 1.82) is 0 Å². The van der Waals surface area contributed by atoms with Gasteiger partial charge in [-0.05, 0) is 0 Å². The molecule has 8 rings (SSSR count). The number of nitrogens with one attached hydrogen (secondary N) is 5. The standard InChI is InChI=1S/C58H97N5O41/c1-14(70)59-27-41(84)46(23(10-68)92-51(27)89)100-55-31(63-18(5)74)42(85)47(24(11-69)97-55)101-56-45(88)48(37(80)26(98-56)13-91-57-49(43(86)35(78)22(9-67)96-57)103-53-29(61-16(3)72)39(82)33(76)20(7-65)94-53)102-58-50(104-54-30(62-17(4)73)40(83)34(77)21(8-66)95-54)44(87)36(79)25(99-58)12-90-52-28(60-15(2)71)38(81)32(75)19(6-64)93-52/h19-58,64-69,75-89H,6-13H2,1-5H3,(H,59,70)(H,60,71)(H,61,72)(H,62,73)(H,63,74)/t19-,20-,21-,22-,23-,24-,25-,26-,27-,28-,29-,30-,31-,32-,33-,34-,35-,36-,37-,38-,39-,40-,41-,42-,43+,44+,45+,46-,47-,48+,49+,50+,51-,52-,53+,54+,55+,56+,57+,58-/m1/s1. The number of aliphatic hydroxyl groups excluding tert-OH is 21. The van der Waals surface area contributed by atoms with Gasteiger partial charge in [-0.1, -0.05) is 0 Å². The van der Waals surface area contributed by atoms with Crippen molar-refractivity contribution in [1.82, 2.24) is 26.6 Å². The Hall–Kier alpha value is -4.09. The number of carbonyl (C=O) groups is 5. The molecule has 104 heavy (non-hydrogen) atoms. The van der Waals surface area contributed by atoms with Gasteiger partial charge < -0.3 is 205 Å². The van der Waals surface area contributed by atoms with E-state index in [0.717, 1.165) is 34.6 Å². The zero-order valence-electron chi connectivity index (χ0n) is 56.3. The molecule has 40 atom stereocenters. The maximum Gasteiger partial charge on any atom is 0.217 e. The highest BCUT2D eigenvalue weighted by Crippen LogP contribution is 2.39. The van der Waals surface area contributed by atoms with Crippen LogP contribution < -0.4 is 26.6 Å². The average Bonchev–Trinajstić information content (AvgIpc) is 0.770. The first-order valence-electron chi connectivity index (χ1n) is 33.1. The summed E-state index contributed by atoms with van der Waals surface area (Å²) in [7, 11) is 0. The molecule has 0 unspecified atom stereocenters. The van der Waals surface area contributed by atoms with Crippen LogP contribution in [0.15, 0.2) is 0 Å². The van der Waals surface area contributed by atoms with E-state index >= 15 is 0 Å². The van der Waals surface area contributed by atoms with Crippen LogP contribution in [-0.4, -0.2) is 435 Å². The van der Waals surface area contributed by atoms with Crippen molar-refractivity contribution in [3.8, 4) is 0 Å². The van der Waals surface area contributed by atoms with Crippen molar-refractivity contribution in [3.63, 3.8) is 0 Å². The topological polar surface area (TPSA) is 709 Å². The predicted octanol–water partition coefficient (Wildman–Crippen LogP) is -17.7. The molecule has 8 aliphatic rings. The smallest absolute Gasteiger partial charge is 0.217 e. The minimum absolute atomic E-state index is 0.777. The molecule has 0 radical (unpaired) electrons. The number of hydrogen-bond donors (Lipinski definition) is 26. The van der Waals surface area contributed by atoms with Gasteiger partial charge in [0.25, 0.3) is 0 Å². The summed E-state index contributed by atoms with van der Waals surface area (Å²) in [5, 5.41) is 246. The second-order valence-electron chi connectivity index (χ2n) is 26.1. The molecule has 26 N–H and O–H groups in total. The number of carbonyl (C=O) groups excluding carboxylic acids is 5. The Morgan fingerprint density at radius 1 is 0.250 bits per heavy atom. The number of amides is 5. The Kier molecular flexibility index (Phi) is 30.9. The number of hydrogen-bond acceptors (Lipinski definition) is 41. The summed E-state index contributed by atoms with van der Waals surface area (Å²) in [6.45, 7) is -3.40. The Balaban J connectivity index is 1.19. The summed E-state index contributed by atoms with van der Waals surface area (Å²) < 4.78 is 89.4. The zero-order chi connectivity index (χ0) is 76.8. The minimum Gasteiger partial charge on any atom is -0.394 e.